The fourth-order valence-corrected chi connectivity index (χ4v) is 4.39. The highest BCUT2D eigenvalue weighted by Gasteiger charge is 2.21. The summed E-state index contributed by atoms with van der Waals surface area (Å²) in [6, 6.07) is 17.1. The average molecular weight is 485 g/mol. The molecule has 0 radical (unpaired) electrons. The number of hydrogen-bond acceptors (Lipinski definition) is 8. The Morgan fingerprint density at radius 2 is 1.91 bits per heavy atom. The molecule has 0 atom stereocenters. The van der Waals surface area contributed by atoms with Gasteiger partial charge in [-0.1, -0.05) is 47.1 Å². The van der Waals surface area contributed by atoms with Crippen molar-refractivity contribution in [2.75, 3.05) is 7.11 Å². The number of fused-ring (bicyclic) bond motifs is 1. The maximum atomic E-state index is 12.5. The number of amides is 1. The summed E-state index contributed by atoms with van der Waals surface area (Å²) < 4.78 is 35.2. The molecule has 0 spiro atoms. The van der Waals surface area contributed by atoms with Crippen molar-refractivity contribution < 1.29 is 22.5 Å². The van der Waals surface area contributed by atoms with Crippen molar-refractivity contribution in [2.45, 2.75) is 10.6 Å². The van der Waals surface area contributed by atoms with Crippen molar-refractivity contribution in [2.24, 2.45) is 5.10 Å². The van der Waals surface area contributed by atoms with Crippen LogP contribution in [0.1, 0.15) is 22.1 Å². The number of sulfone groups is 1. The SMILES string of the molecule is COc1ccc2ccccc2c1/C=N/NC(=O)c1nc(CS(=O)(=O)c2ccc(Cl)cc2)no1. The van der Waals surface area contributed by atoms with Crippen LogP contribution in [-0.4, -0.2) is 37.8 Å². The van der Waals surface area contributed by atoms with Crippen LogP contribution in [0.2, 0.25) is 5.02 Å². The average Bonchev–Trinajstić information content (AvgIpc) is 3.27. The van der Waals surface area contributed by atoms with E-state index in [1.54, 1.807) is 6.07 Å². The van der Waals surface area contributed by atoms with Crippen LogP contribution in [0.3, 0.4) is 0 Å². The Labute approximate surface area is 193 Å². The topological polar surface area (TPSA) is 124 Å². The minimum absolute atomic E-state index is 0.0522. The number of benzene rings is 3. The number of hydrogen-bond donors (Lipinski definition) is 1. The van der Waals surface area contributed by atoms with Gasteiger partial charge in [0.25, 0.3) is 0 Å². The van der Waals surface area contributed by atoms with E-state index in [4.69, 9.17) is 20.9 Å². The number of nitrogens with zero attached hydrogens (tertiary/aromatic N) is 3. The number of carbonyl (C=O) groups excluding carboxylic acids is 1. The zero-order valence-corrected chi connectivity index (χ0v) is 18.8. The molecule has 0 unspecified atom stereocenters. The van der Waals surface area contributed by atoms with Crippen LogP contribution < -0.4 is 10.2 Å². The van der Waals surface area contributed by atoms with Gasteiger partial charge in [-0.3, -0.25) is 4.79 Å². The van der Waals surface area contributed by atoms with Crippen LogP contribution in [0.15, 0.2) is 75.2 Å². The van der Waals surface area contributed by atoms with Gasteiger partial charge in [0.05, 0.1) is 18.2 Å². The number of ether oxygens (including phenoxy) is 1. The predicted molar refractivity (Wildman–Crippen MR) is 122 cm³/mol. The van der Waals surface area contributed by atoms with Gasteiger partial charge in [-0.05, 0) is 41.1 Å². The van der Waals surface area contributed by atoms with Crippen molar-refractivity contribution >= 4 is 44.3 Å². The maximum Gasteiger partial charge on any atom is 0.329 e. The minimum atomic E-state index is -3.74. The van der Waals surface area contributed by atoms with Gasteiger partial charge in [-0.25, -0.2) is 13.8 Å². The first-order valence-electron chi connectivity index (χ1n) is 9.57. The molecule has 0 aliphatic carbocycles. The number of methoxy groups -OCH3 is 1. The minimum Gasteiger partial charge on any atom is -0.496 e. The van der Waals surface area contributed by atoms with Crippen LogP contribution in [0, 0.1) is 0 Å². The zero-order chi connectivity index (χ0) is 23.4. The van der Waals surface area contributed by atoms with Crippen LogP contribution in [0.5, 0.6) is 5.75 Å². The molecule has 0 bridgehead atoms. The van der Waals surface area contributed by atoms with E-state index in [2.05, 4.69) is 20.7 Å². The van der Waals surface area contributed by atoms with E-state index in [-0.39, 0.29) is 10.7 Å². The van der Waals surface area contributed by atoms with Crippen LogP contribution in [0.4, 0.5) is 0 Å². The lowest BCUT2D eigenvalue weighted by Gasteiger charge is -2.08. The lowest BCUT2D eigenvalue weighted by Crippen LogP contribution is -2.18. The van der Waals surface area contributed by atoms with Crippen molar-refractivity contribution in [3.05, 3.63) is 83.0 Å². The first-order chi connectivity index (χ1) is 15.9. The Hall–Kier alpha value is -3.76. The van der Waals surface area contributed by atoms with Gasteiger partial charge < -0.3 is 9.26 Å². The molecule has 4 rings (SSSR count). The fraction of sp³-hybridized carbons (Fsp3) is 0.0909. The van der Waals surface area contributed by atoms with Crippen LogP contribution >= 0.6 is 11.6 Å². The van der Waals surface area contributed by atoms with Crippen LogP contribution in [-0.2, 0) is 15.6 Å². The van der Waals surface area contributed by atoms with Crippen molar-refractivity contribution in [3.8, 4) is 5.75 Å². The zero-order valence-electron chi connectivity index (χ0n) is 17.2. The number of nitrogens with one attached hydrogen (secondary N) is 1. The molecule has 1 N–H and O–H groups in total. The van der Waals surface area contributed by atoms with Crippen molar-refractivity contribution in [1.29, 1.82) is 0 Å². The molecule has 11 heteroatoms. The molecule has 0 saturated heterocycles. The van der Waals surface area contributed by atoms with E-state index in [0.29, 0.717) is 16.3 Å². The van der Waals surface area contributed by atoms with E-state index in [9.17, 15) is 13.2 Å². The third-order valence-electron chi connectivity index (χ3n) is 4.66. The summed E-state index contributed by atoms with van der Waals surface area (Å²) in [5.41, 5.74) is 2.97. The van der Waals surface area contributed by atoms with Gasteiger partial charge in [0, 0.05) is 10.6 Å². The first-order valence-corrected chi connectivity index (χ1v) is 11.6. The second kappa shape index (κ2) is 9.39. The molecule has 33 heavy (non-hydrogen) atoms. The van der Waals surface area contributed by atoms with Gasteiger partial charge in [0.2, 0.25) is 0 Å². The normalized spacial score (nSPS) is 11.7. The monoisotopic (exact) mass is 484 g/mol. The fourth-order valence-electron chi connectivity index (χ4n) is 3.09. The van der Waals surface area contributed by atoms with E-state index in [1.807, 2.05) is 30.3 Å². The predicted octanol–water partition coefficient (Wildman–Crippen LogP) is 3.62. The highest BCUT2D eigenvalue weighted by molar-refractivity contribution is 7.90. The molecule has 1 amide bonds. The number of halogens is 1. The summed E-state index contributed by atoms with van der Waals surface area (Å²) >= 11 is 5.79. The molecular formula is C22H17ClN4O5S. The third kappa shape index (κ3) is 5.02. The van der Waals surface area contributed by atoms with E-state index in [0.717, 1.165) is 10.8 Å². The van der Waals surface area contributed by atoms with E-state index < -0.39 is 27.4 Å². The van der Waals surface area contributed by atoms with Gasteiger partial charge in [-0.2, -0.15) is 10.1 Å². The Kier molecular flexibility index (Phi) is 6.38. The number of aromatic nitrogens is 2. The second-order valence-electron chi connectivity index (χ2n) is 6.83. The highest BCUT2D eigenvalue weighted by atomic mass is 35.5. The number of rotatable bonds is 7. The Balaban J connectivity index is 1.47. The van der Waals surface area contributed by atoms with Crippen LogP contribution in [0.25, 0.3) is 10.8 Å². The Morgan fingerprint density at radius 1 is 1.15 bits per heavy atom. The molecule has 0 fully saturated rings. The number of hydrazone groups is 1. The summed E-state index contributed by atoms with van der Waals surface area (Å²) in [5, 5.41) is 9.81. The lowest BCUT2D eigenvalue weighted by atomic mass is 10.0. The molecule has 0 aliphatic heterocycles. The lowest BCUT2D eigenvalue weighted by molar-refractivity contribution is 0.0911. The molecule has 3 aromatic carbocycles. The van der Waals surface area contributed by atoms with Gasteiger partial charge >= 0.3 is 11.8 Å². The van der Waals surface area contributed by atoms with E-state index in [1.165, 1.54) is 37.6 Å². The largest absolute Gasteiger partial charge is 0.496 e. The summed E-state index contributed by atoms with van der Waals surface area (Å²) in [6.07, 6.45) is 1.45. The Bertz CT molecular complexity index is 1450. The van der Waals surface area contributed by atoms with Gasteiger partial charge in [-0.15, -0.1) is 0 Å². The molecule has 0 saturated carbocycles. The summed E-state index contributed by atoms with van der Waals surface area (Å²) in [6.45, 7) is 0. The van der Waals surface area contributed by atoms with Crippen molar-refractivity contribution in [1.82, 2.24) is 15.6 Å². The first kappa shape index (κ1) is 22.4. The standard InChI is InChI=1S/C22H17ClN4O5S/c1-31-19-11-6-14-4-2-3-5-17(14)18(19)12-24-26-21(28)22-25-20(27-32-22)13-33(29,30)16-9-7-15(23)8-10-16/h2-12H,13H2,1H3,(H,26,28)/b24-12+. The highest BCUT2D eigenvalue weighted by Crippen LogP contribution is 2.26. The molecule has 168 valence electrons. The third-order valence-corrected chi connectivity index (χ3v) is 6.55. The van der Waals surface area contributed by atoms with Crippen molar-refractivity contribution in [3.63, 3.8) is 0 Å². The van der Waals surface area contributed by atoms with Gasteiger partial charge in [0.15, 0.2) is 15.7 Å². The quantitative estimate of drug-likeness (QED) is 0.314. The smallest absolute Gasteiger partial charge is 0.329 e. The summed E-state index contributed by atoms with van der Waals surface area (Å²) in [7, 11) is -2.20. The summed E-state index contributed by atoms with van der Waals surface area (Å²) in [4.78, 5) is 16.2. The van der Waals surface area contributed by atoms with Gasteiger partial charge in [0.1, 0.15) is 11.5 Å². The molecule has 4 aromatic rings. The van der Waals surface area contributed by atoms with E-state index >= 15 is 0 Å². The number of carbonyl (C=O) groups is 1. The maximum absolute atomic E-state index is 12.5. The Morgan fingerprint density at radius 3 is 2.67 bits per heavy atom. The molecular weight excluding hydrogens is 468 g/mol. The second-order valence-corrected chi connectivity index (χ2v) is 9.26. The molecule has 1 aromatic heterocycles. The summed E-state index contributed by atoms with van der Waals surface area (Å²) in [5.74, 6) is -1.32. The molecule has 1 heterocycles. The molecule has 0 aliphatic rings. The molecule has 9 nitrogen and oxygen atoms in total.